The Kier molecular flexibility index (Phi) is 4.58. The Labute approximate surface area is 121 Å². The molecule has 0 aliphatic carbocycles. The second-order valence-electron chi connectivity index (χ2n) is 4.40. The number of hydrogen-bond donors (Lipinski definition) is 2. The van der Waals surface area contributed by atoms with E-state index >= 15 is 0 Å². The summed E-state index contributed by atoms with van der Waals surface area (Å²) < 4.78 is 13.5. The Hall–Kier alpha value is -2.07. The number of benzene rings is 2. The third-order valence-electron chi connectivity index (χ3n) is 2.67. The predicted octanol–water partition coefficient (Wildman–Crippen LogP) is 3.84. The lowest BCUT2D eigenvalue weighted by Crippen LogP contribution is -2.22. The summed E-state index contributed by atoms with van der Waals surface area (Å²) in [5.41, 5.74) is 2.02. The van der Waals surface area contributed by atoms with E-state index in [-0.39, 0.29) is 18.1 Å². The molecule has 0 aliphatic heterocycles. The summed E-state index contributed by atoms with van der Waals surface area (Å²) in [7, 11) is 0. The molecule has 2 aromatic carbocycles. The highest BCUT2D eigenvalue weighted by Gasteiger charge is 2.06. The summed E-state index contributed by atoms with van der Waals surface area (Å²) >= 11 is 5.65. The largest absolute Gasteiger partial charge is 0.374 e. The topological polar surface area (TPSA) is 41.1 Å². The minimum Gasteiger partial charge on any atom is -0.374 e. The Morgan fingerprint density at radius 1 is 1.25 bits per heavy atom. The summed E-state index contributed by atoms with van der Waals surface area (Å²) in [6, 6.07) is 11.7. The molecule has 0 radical (unpaired) electrons. The van der Waals surface area contributed by atoms with Gasteiger partial charge in [0.05, 0.1) is 12.2 Å². The van der Waals surface area contributed by atoms with Crippen molar-refractivity contribution in [3.05, 3.63) is 58.9 Å². The molecule has 5 heteroatoms. The smallest absolute Gasteiger partial charge is 0.243 e. The molecule has 2 N–H and O–H groups in total. The molecule has 0 atom stereocenters. The summed E-state index contributed by atoms with van der Waals surface area (Å²) in [5.74, 6) is -0.731. The Morgan fingerprint density at radius 3 is 2.75 bits per heavy atom. The minimum atomic E-state index is -0.485. The van der Waals surface area contributed by atoms with E-state index in [1.807, 2.05) is 25.1 Å². The molecule has 0 bridgehead atoms. The van der Waals surface area contributed by atoms with Crippen molar-refractivity contribution in [3.8, 4) is 0 Å². The molecule has 3 nitrogen and oxygen atoms in total. The molecule has 0 heterocycles. The maximum absolute atomic E-state index is 13.5. The first kappa shape index (κ1) is 14.3. The van der Waals surface area contributed by atoms with Gasteiger partial charge in [-0.05, 0) is 42.8 Å². The normalized spacial score (nSPS) is 10.2. The van der Waals surface area contributed by atoms with Gasteiger partial charge in [0.1, 0.15) is 5.82 Å². The van der Waals surface area contributed by atoms with Crippen LogP contribution in [0.15, 0.2) is 42.5 Å². The van der Waals surface area contributed by atoms with Crippen LogP contribution in [0.2, 0.25) is 5.02 Å². The van der Waals surface area contributed by atoms with Crippen molar-refractivity contribution in [1.82, 2.24) is 0 Å². The lowest BCUT2D eigenvalue weighted by atomic mass is 10.2. The van der Waals surface area contributed by atoms with Crippen LogP contribution >= 0.6 is 11.6 Å². The third-order valence-corrected chi connectivity index (χ3v) is 2.91. The van der Waals surface area contributed by atoms with Crippen molar-refractivity contribution in [2.75, 3.05) is 17.2 Å². The van der Waals surface area contributed by atoms with Crippen LogP contribution in [0, 0.1) is 12.7 Å². The summed E-state index contributed by atoms with van der Waals surface area (Å²) in [6.07, 6.45) is 0. The van der Waals surface area contributed by atoms with Gasteiger partial charge in [0.2, 0.25) is 5.91 Å². The highest BCUT2D eigenvalue weighted by atomic mass is 35.5. The van der Waals surface area contributed by atoms with Crippen molar-refractivity contribution in [3.63, 3.8) is 0 Å². The lowest BCUT2D eigenvalue weighted by Gasteiger charge is -2.09. The molecule has 0 aliphatic rings. The molecule has 0 spiro atoms. The van der Waals surface area contributed by atoms with E-state index in [1.54, 1.807) is 12.1 Å². The number of carbonyl (C=O) groups excluding carboxylic acids is 1. The molecule has 1 amide bonds. The number of aryl methyl sites for hydroxylation is 1. The van der Waals surface area contributed by atoms with Gasteiger partial charge in [0, 0.05) is 10.7 Å². The van der Waals surface area contributed by atoms with Crippen molar-refractivity contribution in [2.24, 2.45) is 0 Å². The zero-order valence-electron chi connectivity index (χ0n) is 10.9. The van der Waals surface area contributed by atoms with Crippen molar-refractivity contribution >= 4 is 28.9 Å². The molecule has 2 rings (SSSR count). The standard InChI is InChI=1S/C15H14ClFN2O/c1-10-3-2-4-12(7-10)19-15(20)9-18-14-6-5-11(16)8-13(14)17/h2-8,18H,9H2,1H3,(H,19,20). The van der Waals surface area contributed by atoms with E-state index < -0.39 is 5.82 Å². The van der Waals surface area contributed by atoms with Crippen LogP contribution in [0.1, 0.15) is 5.56 Å². The average Bonchev–Trinajstić information content (AvgIpc) is 2.37. The Bertz CT molecular complexity index is 631. The van der Waals surface area contributed by atoms with Gasteiger partial charge in [-0.3, -0.25) is 4.79 Å². The number of hydrogen-bond acceptors (Lipinski definition) is 2. The Morgan fingerprint density at radius 2 is 2.05 bits per heavy atom. The highest BCUT2D eigenvalue weighted by Crippen LogP contribution is 2.18. The fourth-order valence-corrected chi connectivity index (χ4v) is 1.90. The zero-order chi connectivity index (χ0) is 14.5. The number of carbonyl (C=O) groups is 1. The fraction of sp³-hybridized carbons (Fsp3) is 0.133. The van der Waals surface area contributed by atoms with Gasteiger partial charge in [-0.25, -0.2) is 4.39 Å². The third kappa shape index (κ3) is 3.96. The predicted molar refractivity (Wildman–Crippen MR) is 79.7 cm³/mol. The van der Waals surface area contributed by atoms with Crippen molar-refractivity contribution < 1.29 is 9.18 Å². The first-order chi connectivity index (χ1) is 9.54. The molecule has 0 saturated carbocycles. The molecular formula is C15H14ClFN2O. The van der Waals surface area contributed by atoms with E-state index in [4.69, 9.17) is 11.6 Å². The maximum atomic E-state index is 13.5. The van der Waals surface area contributed by atoms with E-state index in [9.17, 15) is 9.18 Å². The summed E-state index contributed by atoms with van der Waals surface area (Å²) in [4.78, 5) is 11.8. The van der Waals surface area contributed by atoms with Gasteiger partial charge in [0.15, 0.2) is 0 Å². The van der Waals surface area contributed by atoms with Gasteiger partial charge < -0.3 is 10.6 Å². The second-order valence-corrected chi connectivity index (χ2v) is 4.83. The van der Waals surface area contributed by atoms with Gasteiger partial charge >= 0.3 is 0 Å². The van der Waals surface area contributed by atoms with Crippen LogP contribution in [0.5, 0.6) is 0 Å². The van der Waals surface area contributed by atoms with E-state index in [2.05, 4.69) is 10.6 Å². The maximum Gasteiger partial charge on any atom is 0.243 e. The molecule has 104 valence electrons. The number of anilines is 2. The van der Waals surface area contributed by atoms with Crippen molar-refractivity contribution in [1.29, 1.82) is 0 Å². The zero-order valence-corrected chi connectivity index (χ0v) is 11.7. The van der Waals surface area contributed by atoms with Gasteiger partial charge in [0.25, 0.3) is 0 Å². The van der Waals surface area contributed by atoms with Crippen LogP contribution in [0.3, 0.4) is 0 Å². The van der Waals surface area contributed by atoms with Crippen LogP contribution in [0.4, 0.5) is 15.8 Å². The lowest BCUT2D eigenvalue weighted by molar-refractivity contribution is -0.114. The number of halogens is 2. The number of rotatable bonds is 4. The number of nitrogens with one attached hydrogen (secondary N) is 2. The van der Waals surface area contributed by atoms with Gasteiger partial charge in [-0.1, -0.05) is 23.7 Å². The average molecular weight is 293 g/mol. The van der Waals surface area contributed by atoms with E-state index in [0.717, 1.165) is 5.56 Å². The fourth-order valence-electron chi connectivity index (χ4n) is 1.74. The number of amides is 1. The van der Waals surface area contributed by atoms with Crippen molar-refractivity contribution in [2.45, 2.75) is 6.92 Å². The molecule has 2 aromatic rings. The molecule has 0 saturated heterocycles. The second kappa shape index (κ2) is 6.39. The molecule has 0 fully saturated rings. The van der Waals surface area contributed by atoms with E-state index in [0.29, 0.717) is 10.7 Å². The Balaban J connectivity index is 1.92. The van der Waals surface area contributed by atoms with E-state index in [1.165, 1.54) is 12.1 Å². The SMILES string of the molecule is Cc1cccc(NC(=O)CNc2ccc(Cl)cc2F)c1. The summed E-state index contributed by atoms with van der Waals surface area (Å²) in [6.45, 7) is 1.92. The van der Waals surface area contributed by atoms with Crippen LogP contribution in [-0.4, -0.2) is 12.5 Å². The van der Waals surface area contributed by atoms with Crippen LogP contribution in [0.25, 0.3) is 0 Å². The summed E-state index contributed by atoms with van der Waals surface area (Å²) in [5, 5.41) is 5.78. The van der Waals surface area contributed by atoms with Crippen LogP contribution in [-0.2, 0) is 4.79 Å². The first-order valence-corrected chi connectivity index (χ1v) is 6.48. The monoisotopic (exact) mass is 292 g/mol. The minimum absolute atomic E-state index is 0.0213. The molecular weight excluding hydrogens is 279 g/mol. The quantitative estimate of drug-likeness (QED) is 0.899. The van der Waals surface area contributed by atoms with Crippen LogP contribution < -0.4 is 10.6 Å². The van der Waals surface area contributed by atoms with Gasteiger partial charge in [-0.15, -0.1) is 0 Å². The highest BCUT2D eigenvalue weighted by molar-refractivity contribution is 6.30. The molecule has 0 aromatic heterocycles. The van der Waals surface area contributed by atoms with Gasteiger partial charge in [-0.2, -0.15) is 0 Å². The molecule has 20 heavy (non-hydrogen) atoms. The molecule has 0 unspecified atom stereocenters. The first-order valence-electron chi connectivity index (χ1n) is 6.10.